The van der Waals surface area contributed by atoms with Gasteiger partial charge in [-0.15, -0.1) is 0 Å². The van der Waals surface area contributed by atoms with Crippen LogP contribution in [0.2, 0.25) is 5.02 Å². The van der Waals surface area contributed by atoms with Gasteiger partial charge in [0.05, 0.1) is 0 Å². The summed E-state index contributed by atoms with van der Waals surface area (Å²) in [5, 5.41) is 6.26. The highest BCUT2D eigenvalue weighted by atomic mass is 35.5. The van der Waals surface area contributed by atoms with Crippen molar-refractivity contribution in [2.24, 2.45) is 0 Å². The summed E-state index contributed by atoms with van der Waals surface area (Å²) in [5.41, 5.74) is 3.02. The van der Waals surface area contributed by atoms with E-state index in [9.17, 15) is 9.59 Å². The van der Waals surface area contributed by atoms with Crippen LogP contribution in [0, 0.1) is 6.92 Å². The summed E-state index contributed by atoms with van der Waals surface area (Å²) in [6.07, 6.45) is 0. The minimum absolute atomic E-state index is 0.125. The Balaban J connectivity index is 1.48. The number of nitrogens with one attached hydrogen (secondary N) is 2. The van der Waals surface area contributed by atoms with Gasteiger partial charge in [-0.2, -0.15) is 0 Å². The fourth-order valence-electron chi connectivity index (χ4n) is 2.64. The van der Waals surface area contributed by atoms with Crippen LogP contribution in [0.5, 0.6) is 5.75 Å². The number of anilines is 1. The van der Waals surface area contributed by atoms with Gasteiger partial charge in [-0.05, 0) is 60.5 Å². The third-order valence-electron chi connectivity index (χ3n) is 4.23. The summed E-state index contributed by atoms with van der Waals surface area (Å²) in [5.74, 6) is 0.111. The van der Waals surface area contributed by atoms with Crippen LogP contribution in [0.3, 0.4) is 0 Å². The molecule has 0 unspecified atom stereocenters. The highest BCUT2D eigenvalue weighted by molar-refractivity contribution is 6.31. The summed E-state index contributed by atoms with van der Waals surface area (Å²) in [6.45, 7) is 2.20. The smallest absolute Gasteiger partial charge is 0.262 e. The molecule has 5 nitrogen and oxygen atoms in total. The van der Waals surface area contributed by atoms with E-state index in [2.05, 4.69) is 10.6 Å². The van der Waals surface area contributed by atoms with Gasteiger partial charge in [0.15, 0.2) is 6.61 Å². The number of halogens is 1. The molecule has 3 rings (SSSR count). The van der Waals surface area contributed by atoms with Gasteiger partial charge in [0.1, 0.15) is 5.75 Å². The molecule has 2 amide bonds. The van der Waals surface area contributed by atoms with Crippen LogP contribution in [-0.2, 0) is 11.3 Å². The Bertz CT molecular complexity index is 989. The number of aryl methyl sites for hydroxylation is 1. The lowest BCUT2D eigenvalue weighted by molar-refractivity contribution is -0.118. The molecule has 0 saturated heterocycles. The first kappa shape index (κ1) is 20.4. The average molecular weight is 409 g/mol. The normalized spacial score (nSPS) is 10.3. The molecule has 2 N–H and O–H groups in total. The van der Waals surface area contributed by atoms with Crippen LogP contribution >= 0.6 is 11.6 Å². The highest BCUT2D eigenvalue weighted by Crippen LogP contribution is 2.21. The molecule has 148 valence electrons. The Morgan fingerprint density at radius 2 is 1.69 bits per heavy atom. The summed E-state index contributed by atoms with van der Waals surface area (Å²) >= 11 is 5.97. The molecule has 0 bridgehead atoms. The molecule has 0 radical (unpaired) electrons. The number of hydrogen-bond acceptors (Lipinski definition) is 3. The molecule has 0 aliphatic rings. The monoisotopic (exact) mass is 408 g/mol. The minimum atomic E-state index is -0.293. The molecule has 3 aromatic carbocycles. The molecular weight excluding hydrogens is 388 g/mol. The lowest BCUT2D eigenvalue weighted by Gasteiger charge is -2.09. The molecular formula is C23H21ClN2O3. The van der Waals surface area contributed by atoms with Gasteiger partial charge in [0, 0.05) is 22.8 Å². The summed E-state index contributed by atoms with van der Waals surface area (Å²) in [7, 11) is 0. The second kappa shape index (κ2) is 9.75. The zero-order valence-corrected chi connectivity index (χ0v) is 16.7. The van der Waals surface area contributed by atoms with Crippen LogP contribution < -0.4 is 15.4 Å². The number of carbonyl (C=O) groups excluding carboxylic acids is 2. The molecule has 3 aromatic rings. The van der Waals surface area contributed by atoms with E-state index in [1.54, 1.807) is 42.5 Å². The number of carbonyl (C=O) groups is 2. The Hall–Kier alpha value is -3.31. The SMILES string of the molecule is Cc1cc(OCC(=O)Nc2ccc(C(=O)NCc3ccccc3)cc2)ccc1Cl. The number of hydrogen-bond donors (Lipinski definition) is 2. The lowest BCUT2D eigenvalue weighted by atomic mass is 10.1. The number of benzene rings is 3. The highest BCUT2D eigenvalue weighted by Gasteiger charge is 2.08. The van der Waals surface area contributed by atoms with Crippen LogP contribution in [0.25, 0.3) is 0 Å². The van der Waals surface area contributed by atoms with E-state index in [-0.39, 0.29) is 18.4 Å². The molecule has 6 heteroatoms. The van der Waals surface area contributed by atoms with Crippen LogP contribution in [0.4, 0.5) is 5.69 Å². The predicted octanol–water partition coefficient (Wildman–Crippen LogP) is 4.60. The molecule has 0 aliphatic carbocycles. The maximum atomic E-state index is 12.2. The number of amides is 2. The van der Waals surface area contributed by atoms with Crippen molar-refractivity contribution in [3.05, 3.63) is 94.5 Å². The predicted molar refractivity (Wildman–Crippen MR) is 114 cm³/mol. The Morgan fingerprint density at radius 3 is 2.38 bits per heavy atom. The van der Waals surface area contributed by atoms with Crippen molar-refractivity contribution in [1.29, 1.82) is 0 Å². The first-order chi connectivity index (χ1) is 14.0. The van der Waals surface area contributed by atoms with Crippen molar-refractivity contribution in [1.82, 2.24) is 5.32 Å². The quantitative estimate of drug-likeness (QED) is 0.600. The van der Waals surface area contributed by atoms with Crippen LogP contribution in [-0.4, -0.2) is 18.4 Å². The summed E-state index contributed by atoms with van der Waals surface area (Å²) in [4.78, 5) is 24.3. The standard InChI is InChI=1S/C23H21ClN2O3/c1-16-13-20(11-12-21(16)24)29-15-22(27)26-19-9-7-18(8-10-19)23(28)25-14-17-5-3-2-4-6-17/h2-13H,14-15H2,1H3,(H,25,28)(H,26,27). The second-order valence-corrected chi connectivity index (χ2v) is 6.90. The van der Waals surface area contributed by atoms with Crippen molar-refractivity contribution in [2.75, 3.05) is 11.9 Å². The van der Waals surface area contributed by atoms with Crippen molar-refractivity contribution in [3.8, 4) is 5.75 Å². The number of rotatable bonds is 7. The van der Waals surface area contributed by atoms with E-state index in [1.807, 2.05) is 37.3 Å². The maximum Gasteiger partial charge on any atom is 0.262 e. The maximum absolute atomic E-state index is 12.2. The zero-order chi connectivity index (χ0) is 20.6. The van der Waals surface area contributed by atoms with E-state index in [1.165, 1.54) is 0 Å². The molecule has 0 heterocycles. The average Bonchev–Trinajstić information content (AvgIpc) is 2.74. The van der Waals surface area contributed by atoms with E-state index < -0.39 is 0 Å². The van der Waals surface area contributed by atoms with E-state index >= 15 is 0 Å². The third-order valence-corrected chi connectivity index (χ3v) is 4.65. The van der Waals surface area contributed by atoms with Gasteiger partial charge < -0.3 is 15.4 Å². The first-order valence-electron chi connectivity index (χ1n) is 9.12. The molecule has 0 fully saturated rings. The molecule has 0 aliphatic heterocycles. The first-order valence-corrected chi connectivity index (χ1v) is 9.50. The minimum Gasteiger partial charge on any atom is -0.484 e. The molecule has 0 aromatic heterocycles. The lowest BCUT2D eigenvalue weighted by Crippen LogP contribution is -2.23. The van der Waals surface area contributed by atoms with Gasteiger partial charge >= 0.3 is 0 Å². The topological polar surface area (TPSA) is 67.4 Å². The summed E-state index contributed by atoms with van der Waals surface area (Å²) in [6, 6.07) is 21.6. The fraction of sp³-hybridized carbons (Fsp3) is 0.130. The van der Waals surface area contributed by atoms with Gasteiger partial charge in [-0.1, -0.05) is 41.9 Å². The Labute approximate surface area is 174 Å². The van der Waals surface area contributed by atoms with Crippen molar-refractivity contribution >= 4 is 29.1 Å². The molecule has 29 heavy (non-hydrogen) atoms. The summed E-state index contributed by atoms with van der Waals surface area (Å²) < 4.78 is 5.48. The Kier molecular flexibility index (Phi) is 6.87. The number of ether oxygens (including phenoxy) is 1. The van der Waals surface area contributed by atoms with Crippen LogP contribution in [0.15, 0.2) is 72.8 Å². The largest absolute Gasteiger partial charge is 0.484 e. The van der Waals surface area contributed by atoms with Gasteiger partial charge in [-0.25, -0.2) is 0 Å². The van der Waals surface area contributed by atoms with E-state index in [4.69, 9.17) is 16.3 Å². The van der Waals surface area contributed by atoms with Gasteiger partial charge in [0.2, 0.25) is 0 Å². The van der Waals surface area contributed by atoms with Gasteiger partial charge in [0.25, 0.3) is 11.8 Å². The van der Waals surface area contributed by atoms with E-state index in [0.717, 1.165) is 11.1 Å². The van der Waals surface area contributed by atoms with Crippen LogP contribution in [0.1, 0.15) is 21.5 Å². The fourth-order valence-corrected chi connectivity index (χ4v) is 2.76. The van der Waals surface area contributed by atoms with Gasteiger partial charge in [-0.3, -0.25) is 9.59 Å². The van der Waals surface area contributed by atoms with Crippen molar-refractivity contribution < 1.29 is 14.3 Å². The second-order valence-electron chi connectivity index (χ2n) is 6.49. The zero-order valence-electron chi connectivity index (χ0n) is 15.9. The molecule has 0 atom stereocenters. The van der Waals surface area contributed by atoms with Crippen molar-refractivity contribution in [2.45, 2.75) is 13.5 Å². The van der Waals surface area contributed by atoms with E-state index in [0.29, 0.717) is 28.6 Å². The molecule has 0 spiro atoms. The third kappa shape index (κ3) is 6.09. The van der Waals surface area contributed by atoms with Crippen molar-refractivity contribution in [3.63, 3.8) is 0 Å². The Morgan fingerprint density at radius 1 is 0.966 bits per heavy atom. The molecule has 0 saturated carbocycles.